The molecule has 0 aliphatic carbocycles. The maximum atomic E-state index is 12.9. The monoisotopic (exact) mass is 411 g/mol. The number of hydrogen-bond acceptors (Lipinski definition) is 5. The summed E-state index contributed by atoms with van der Waals surface area (Å²) >= 11 is 0. The molecule has 0 radical (unpaired) electrons. The molecule has 1 aliphatic rings. The van der Waals surface area contributed by atoms with E-state index in [1.807, 2.05) is 0 Å². The number of hydrogen-bond donors (Lipinski definition) is 0. The predicted octanol–water partition coefficient (Wildman–Crippen LogP) is 3.54. The van der Waals surface area contributed by atoms with Crippen molar-refractivity contribution in [3.8, 4) is 0 Å². The number of ether oxygens (including phenoxy) is 2. The standard InChI is InChI=1S/C19H20F3N3O4/c1-3-28-17(26)15-9-24-4-5-25(10-16(24)23-15)18(27)29-11-13-6-12(2)7-14(8-13)19(20,21)22/h6-9H,3-5,10-11H2,1-2H3. The van der Waals surface area contributed by atoms with E-state index < -0.39 is 23.8 Å². The first-order valence-electron chi connectivity index (χ1n) is 9.00. The van der Waals surface area contributed by atoms with Crippen LogP contribution < -0.4 is 0 Å². The SMILES string of the molecule is CCOC(=O)c1cn2c(n1)CN(C(=O)OCc1cc(C)cc(C(F)(F)F)c1)CC2. The first-order chi connectivity index (χ1) is 13.7. The van der Waals surface area contributed by atoms with Crippen molar-refractivity contribution in [1.29, 1.82) is 0 Å². The van der Waals surface area contributed by atoms with Crippen LogP contribution in [0.5, 0.6) is 0 Å². The largest absolute Gasteiger partial charge is 0.461 e. The van der Waals surface area contributed by atoms with Gasteiger partial charge in [0.25, 0.3) is 0 Å². The zero-order chi connectivity index (χ0) is 21.2. The number of aryl methyl sites for hydroxylation is 1. The van der Waals surface area contributed by atoms with Crippen molar-refractivity contribution in [3.63, 3.8) is 0 Å². The van der Waals surface area contributed by atoms with Gasteiger partial charge in [0, 0.05) is 19.3 Å². The van der Waals surface area contributed by atoms with Crippen molar-refractivity contribution in [2.24, 2.45) is 0 Å². The van der Waals surface area contributed by atoms with Crippen LogP contribution in [0.4, 0.5) is 18.0 Å². The molecule has 0 spiro atoms. The second-order valence-corrected chi connectivity index (χ2v) is 6.64. The molecule has 0 unspecified atom stereocenters. The van der Waals surface area contributed by atoms with E-state index in [9.17, 15) is 22.8 Å². The fraction of sp³-hybridized carbons (Fsp3) is 0.421. The summed E-state index contributed by atoms with van der Waals surface area (Å²) in [5, 5.41) is 0. The lowest BCUT2D eigenvalue weighted by atomic mass is 10.1. The van der Waals surface area contributed by atoms with E-state index in [4.69, 9.17) is 9.47 Å². The Hall–Kier alpha value is -3.04. The van der Waals surface area contributed by atoms with E-state index in [1.54, 1.807) is 24.6 Å². The number of esters is 1. The van der Waals surface area contributed by atoms with Gasteiger partial charge in [-0.15, -0.1) is 0 Å². The molecule has 3 rings (SSSR count). The highest BCUT2D eigenvalue weighted by Crippen LogP contribution is 2.30. The number of rotatable bonds is 4. The van der Waals surface area contributed by atoms with Gasteiger partial charge in [-0.3, -0.25) is 4.90 Å². The first kappa shape index (κ1) is 20.7. The van der Waals surface area contributed by atoms with Gasteiger partial charge in [0.05, 0.1) is 18.7 Å². The molecule has 0 bridgehead atoms. The van der Waals surface area contributed by atoms with E-state index in [2.05, 4.69) is 4.98 Å². The fourth-order valence-electron chi connectivity index (χ4n) is 3.06. The Balaban J connectivity index is 1.63. The maximum absolute atomic E-state index is 12.9. The fourth-order valence-corrected chi connectivity index (χ4v) is 3.06. The second-order valence-electron chi connectivity index (χ2n) is 6.64. The van der Waals surface area contributed by atoms with E-state index in [-0.39, 0.29) is 31.0 Å². The van der Waals surface area contributed by atoms with Gasteiger partial charge in [-0.2, -0.15) is 13.2 Å². The van der Waals surface area contributed by atoms with Gasteiger partial charge in [-0.05, 0) is 31.5 Å². The summed E-state index contributed by atoms with van der Waals surface area (Å²) < 4.78 is 50.6. The number of nitrogens with zero attached hydrogens (tertiary/aromatic N) is 3. The van der Waals surface area contributed by atoms with Crippen molar-refractivity contribution in [1.82, 2.24) is 14.5 Å². The number of aromatic nitrogens is 2. The zero-order valence-corrected chi connectivity index (χ0v) is 16.0. The van der Waals surface area contributed by atoms with Gasteiger partial charge in [-0.25, -0.2) is 14.6 Å². The van der Waals surface area contributed by atoms with Crippen LogP contribution >= 0.6 is 0 Å². The normalized spacial score (nSPS) is 13.8. The predicted molar refractivity (Wildman–Crippen MR) is 95.0 cm³/mol. The maximum Gasteiger partial charge on any atom is 0.416 e. The third-order valence-corrected chi connectivity index (χ3v) is 4.37. The van der Waals surface area contributed by atoms with Crippen LogP contribution in [0.15, 0.2) is 24.4 Å². The quantitative estimate of drug-likeness (QED) is 0.720. The number of imidazole rings is 1. The third kappa shape index (κ3) is 4.87. The van der Waals surface area contributed by atoms with Crippen LogP contribution in [0, 0.1) is 6.92 Å². The van der Waals surface area contributed by atoms with Crippen LogP contribution in [-0.2, 0) is 35.3 Å². The molecule has 0 saturated carbocycles. The molecule has 1 aromatic carbocycles. The minimum Gasteiger partial charge on any atom is -0.461 e. The van der Waals surface area contributed by atoms with E-state index in [0.29, 0.717) is 24.5 Å². The van der Waals surface area contributed by atoms with Gasteiger partial charge in [0.2, 0.25) is 0 Å². The average Bonchev–Trinajstić information content (AvgIpc) is 3.08. The Morgan fingerprint density at radius 1 is 1.17 bits per heavy atom. The highest BCUT2D eigenvalue weighted by molar-refractivity contribution is 5.87. The van der Waals surface area contributed by atoms with E-state index in [1.165, 1.54) is 11.0 Å². The summed E-state index contributed by atoms with van der Waals surface area (Å²) in [4.78, 5) is 29.7. The molecule has 0 atom stereocenters. The summed E-state index contributed by atoms with van der Waals surface area (Å²) in [6, 6.07) is 3.54. The number of carbonyl (C=O) groups is 2. The molecule has 1 amide bonds. The number of alkyl halides is 3. The third-order valence-electron chi connectivity index (χ3n) is 4.37. The average molecular weight is 411 g/mol. The Labute approximate surface area is 165 Å². The number of amides is 1. The van der Waals surface area contributed by atoms with E-state index in [0.717, 1.165) is 12.1 Å². The molecular weight excluding hydrogens is 391 g/mol. The molecule has 7 nitrogen and oxygen atoms in total. The van der Waals surface area contributed by atoms with Gasteiger partial charge >= 0.3 is 18.2 Å². The number of fused-ring (bicyclic) bond motifs is 1. The molecule has 29 heavy (non-hydrogen) atoms. The lowest BCUT2D eigenvalue weighted by Crippen LogP contribution is -2.38. The number of halogens is 3. The smallest absolute Gasteiger partial charge is 0.416 e. The summed E-state index contributed by atoms with van der Waals surface area (Å²) in [5.41, 5.74) is 0.0673. The van der Waals surface area contributed by atoms with Crippen molar-refractivity contribution >= 4 is 12.1 Å². The topological polar surface area (TPSA) is 73.7 Å². The molecule has 1 aliphatic heterocycles. The number of carbonyl (C=O) groups excluding carboxylic acids is 2. The molecule has 1 aromatic heterocycles. The Bertz CT molecular complexity index is 924. The summed E-state index contributed by atoms with van der Waals surface area (Å²) in [6.07, 6.45) is -3.56. The van der Waals surface area contributed by atoms with Crippen molar-refractivity contribution in [2.75, 3.05) is 13.2 Å². The molecule has 0 fully saturated rings. The Morgan fingerprint density at radius 2 is 1.93 bits per heavy atom. The lowest BCUT2D eigenvalue weighted by molar-refractivity contribution is -0.137. The summed E-state index contributed by atoms with van der Waals surface area (Å²) in [7, 11) is 0. The molecule has 2 heterocycles. The van der Waals surface area contributed by atoms with E-state index >= 15 is 0 Å². The minimum atomic E-state index is -4.47. The van der Waals surface area contributed by atoms with Crippen LogP contribution in [0.1, 0.15) is 39.9 Å². The molecule has 0 saturated heterocycles. The van der Waals surface area contributed by atoms with Gasteiger partial charge < -0.3 is 14.0 Å². The van der Waals surface area contributed by atoms with Gasteiger partial charge in [-0.1, -0.05) is 11.6 Å². The molecule has 156 valence electrons. The van der Waals surface area contributed by atoms with Crippen LogP contribution in [0.2, 0.25) is 0 Å². The molecular formula is C19H20F3N3O4. The highest BCUT2D eigenvalue weighted by atomic mass is 19.4. The van der Waals surface area contributed by atoms with Crippen LogP contribution in [-0.4, -0.2) is 39.7 Å². The molecule has 0 N–H and O–H groups in total. The highest BCUT2D eigenvalue weighted by Gasteiger charge is 2.31. The molecule has 10 heteroatoms. The Morgan fingerprint density at radius 3 is 2.62 bits per heavy atom. The van der Waals surface area contributed by atoms with Crippen LogP contribution in [0.25, 0.3) is 0 Å². The van der Waals surface area contributed by atoms with Crippen LogP contribution in [0.3, 0.4) is 0 Å². The zero-order valence-electron chi connectivity index (χ0n) is 16.0. The van der Waals surface area contributed by atoms with Gasteiger partial charge in [0.15, 0.2) is 5.69 Å². The lowest BCUT2D eigenvalue weighted by Gasteiger charge is -2.26. The number of benzene rings is 1. The summed E-state index contributed by atoms with van der Waals surface area (Å²) in [6.45, 7) is 4.06. The minimum absolute atomic E-state index is 0.125. The second kappa shape index (κ2) is 8.14. The summed E-state index contributed by atoms with van der Waals surface area (Å²) in [5.74, 6) is -0.0328. The van der Waals surface area contributed by atoms with Crippen molar-refractivity contribution < 1.29 is 32.2 Å². The van der Waals surface area contributed by atoms with Gasteiger partial charge in [0.1, 0.15) is 12.4 Å². The molecule has 2 aromatic rings. The van der Waals surface area contributed by atoms with Crippen molar-refractivity contribution in [3.05, 3.63) is 52.6 Å². The van der Waals surface area contributed by atoms with Crippen molar-refractivity contribution in [2.45, 2.75) is 39.7 Å². The first-order valence-corrected chi connectivity index (χ1v) is 9.00. The Kier molecular flexibility index (Phi) is 5.81.